The number of carbonyl (C=O) groups is 2. The van der Waals surface area contributed by atoms with Crippen molar-refractivity contribution >= 4 is 23.7 Å². The minimum absolute atomic E-state index is 0. The van der Waals surface area contributed by atoms with Gasteiger partial charge in [0, 0.05) is 0 Å². The van der Waals surface area contributed by atoms with Gasteiger partial charge in [-0.05, 0) is 12.5 Å². The van der Waals surface area contributed by atoms with E-state index in [2.05, 4.69) is 0 Å². The first-order valence-corrected chi connectivity index (χ1v) is 5.92. The van der Waals surface area contributed by atoms with Crippen LogP contribution in [0.5, 0.6) is 0 Å². The summed E-state index contributed by atoms with van der Waals surface area (Å²) in [4.78, 5) is 20.2. The van der Waals surface area contributed by atoms with Crippen molar-refractivity contribution in [2.75, 3.05) is 12.5 Å². The predicted molar refractivity (Wildman–Crippen MR) is 68.8 cm³/mol. The molecular weight excluding hydrogens is 284 g/mol. The van der Waals surface area contributed by atoms with Crippen molar-refractivity contribution in [3.63, 3.8) is 0 Å². The molecule has 10 nitrogen and oxygen atoms in total. The van der Waals surface area contributed by atoms with Crippen molar-refractivity contribution < 1.29 is 40.2 Å². The monoisotopic (exact) mass is 306 g/mol. The number of hydrogen-bond donors (Lipinski definition) is 8. The average molecular weight is 306 g/mol. The SMILES string of the molecule is CSC.N.N.O=C(O)C(O)C(O)C(O)C(O)C(=O)O. The minimum atomic E-state index is -2.36. The Hall–Kier alpha value is -0.950. The zero-order valence-electron chi connectivity index (χ0n) is 10.6. The van der Waals surface area contributed by atoms with Gasteiger partial charge in [0.25, 0.3) is 0 Å². The molecular formula is C8H22N2O8S. The van der Waals surface area contributed by atoms with Gasteiger partial charge in [0.2, 0.25) is 0 Å². The maximum Gasteiger partial charge on any atom is 0.335 e. The van der Waals surface area contributed by atoms with Crippen LogP contribution in [0.3, 0.4) is 0 Å². The van der Waals surface area contributed by atoms with E-state index < -0.39 is 36.4 Å². The molecule has 19 heavy (non-hydrogen) atoms. The van der Waals surface area contributed by atoms with Gasteiger partial charge in [-0.1, -0.05) is 0 Å². The summed E-state index contributed by atoms with van der Waals surface area (Å²) in [6.45, 7) is 0. The zero-order chi connectivity index (χ0) is 14.2. The van der Waals surface area contributed by atoms with E-state index >= 15 is 0 Å². The Bertz CT molecular complexity index is 231. The van der Waals surface area contributed by atoms with Crippen molar-refractivity contribution in [1.82, 2.24) is 12.3 Å². The largest absolute Gasteiger partial charge is 0.479 e. The molecule has 0 amide bonds. The number of aliphatic carboxylic acids is 2. The number of thioether (sulfide) groups is 1. The molecule has 0 aliphatic carbocycles. The van der Waals surface area contributed by atoms with Gasteiger partial charge >= 0.3 is 11.9 Å². The quantitative estimate of drug-likeness (QED) is 0.274. The van der Waals surface area contributed by atoms with Crippen LogP contribution < -0.4 is 12.3 Å². The second-order valence-electron chi connectivity index (χ2n) is 2.96. The second-order valence-corrected chi connectivity index (χ2v) is 3.77. The summed E-state index contributed by atoms with van der Waals surface area (Å²) in [7, 11) is 0. The van der Waals surface area contributed by atoms with Gasteiger partial charge in [0.1, 0.15) is 12.2 Å². The fourth-order valence-corrected chi connectivity index (χ4v) is 0.666. The maximum absolute atomic E-state index is 10.1. The van der Waals surface area contributed by atoms with Crippen LogP contribution in [0, 0.1) is 0 Å². The Kier molecular flexibility index (Phi) is 18.9. The zero-order valence-corrected chi connectivity index (χ0v) is 11.4. The molecule has 0 bridgehead atoms. The highest BCUT2D eigenvalue weighted by atomic mass is 32.2. The molecule has 4 atom stereocenters. The lowest BCUT2D eigenvalue weighted by Crippen LogP contribution is -2.49. The van der Waals surface area contributed by atoms with Gasteiger partial charge in [0.05, 0.1) is 0 Å². The first-order chi connectivity index (χ1) is 7.70. The van der Waals surface area contributed by atoms with Crippen LogP contribution in [0.2, 0.25) is 0 Å². The topological polar surface area (TPSA) is 226 Å². The second kappa shape index (κ2) is 13.5. The Balaban J connectivity index is -0.000000204. The van der Waals surface area contributed by atoms with Gasteiger partial charge in [-0.25, -0.2) is 9.59 Å². The van der Waals surface area contributed by atoms with Gasteiger partial charge < -0.3 is 42.9 Å². The number of aliphatic hydroxyl groups is 4. The summed E-state index contributed by atoms with van der Waals surface area (Å²) in [5, 5.41) is 51.5. The van der Waals surface area contributed by atoms with Crippen LogP contribution in [-0.4, -0.2) is 79.5 Å². The van der Waals surface area contributed by atoms with Crippen molar-refractivity contribution in [3.8, 4) is 0 Å². The molecule has 0 saturated heterocycles. The predicted octanol–water partition coefficient (Wildman–Crippen LogP) is -2.10. The van der Waals surface area contributed by atoms with Crippen molar-refractivity contribution in [2.45, 2.75) is 24.4 Å². The minimum Gasteiger partial charge on any atom is -0.479 e. The summed E-state index contributed by atoms with van der Waals surface area (Å²) >= 11 is 1.75. The molecule has 0 fully saturated rings. The highest BCUT2D eigenvalue weighted by Crippen LogP contribution is 2.05. The molecule has 11 heteroatoms. The molecule has 0 spiro atoms. The highest BCUT2D eigenvalue weighted by molar-refractivity contribution is 7.97. The first kappa shape index (κ1) is 26.6. The molecule has 0 saturated carbocycles. The van der Waals surface area contributed by atoms with Crippen molar-refractivity contribution in [2.24, 2.45) is 0 Å². The summed E-state index contributed by atoms with van der Waals surface area (Å²) in [6, 6.07) is 0. The van der Waals surface area contributed by atoms with E-state index in [1.54, 1.807) is 11.8 Å². The van der Waals surface area contributed by atoms with E-state index in [-0.39, 0.29) is 12.3 Å². The first-order valence-electron chi connectivity index (χ1n) is 4.28. The Morgan fingerprint density at radius 2 is 0.947 bits per heavy atom. The fraction of sp³-hybridized carbons (Fsp3) is 0.750. The molecule has 0 aromatic rings. The van der Waals surface area contributed by atoms with Crippen molar-refractivity contribution in [3.05, 3.63) is 0 Å². The van der Waals surface area contributed by atoms with E-state index in [1.807, 2.05) is 12.5 Å². The third kappa shape index (κ3) is 10.6. The molecule has 0 aliphatic rings. The molecule has 0 heterocycles. The molecule has 0 rings (SSSR count). The van der Waals surface area contributed by atoms with E-state index in [4.69, 9.17) is 30.6 Å². The lowest BCUT2D eigenvalue weighted by atomic mass is 10.0. The molecule has 12 N–H and O–H groups in total. The van der Waals surface area contributed by atoms with Crippen LogP contribution in [0.15, 0.2) is 0 Å². The molecule has 0 aromatic heterocycles. The smallest absolute Gasteiger partial charge is 0.335 e. The third-order valence-corrected chi connectivity index (χ3v) is 1.50. The number of carboxylic acid groups (broad SMARTS) is 2. The van der Waals surface area contributed by atoms with Crippen LogP contribution in [-0.2, 0) is 9.59 Å². The summed E-state index contributed by atoms with van der Waals surface area (Å²) < 4.78 is 0. The number of aliphatic hydroxyl groups excluding tert-OH is 4. The molecule has 0 aromatic carbocycles. The van der Waals surface area contributed by atoms with Gasteiger partial charge in [0.15, 0.2) is 12.2 Å². The van der Waals surface area contributed by atoms with E-state index in [1.165, 1.54) is 0 Å². The lowest BCUT2D eigenvalue weighted by Gasteiger charge is -2.21. The summed E-state index contributed by atoms with van der Waals surface area (Å²) in [5.74, 6) is -3.68. The van der Waals surface area contributed by atoms with E-state index in [0.29, 0.717) is 0 Å². The molecule has 118 valence electrons. The normalized spacial score (nSPS) is 15.3. The van der Waals surface area contributed by atoms with Crippen LogP contribution >= 0.6 is 11.8 Å². The summed E-state index contributed by atoms with van der Waals surface area (Å²) in [6.07, 6.45) is -5.20. The molecule has 0 aliphatic heterocycles. The van der Waals surface area contributed by atoms with Gasteiger partial charge in [-0.15, -0.1) is 0 Å². The Morgan fingerprint density at radius 1 is 0.789 bits per heavy atom. The Morgan fingerprint density at radius 3 is 1.05 bits per heavy atom. The third-order valence-electron chi connectivity index (χ3n) is 1.50. The van der Waals surface area contributed by atoms with Crippen LogP contribution in [0.25, 0.3) is 0 Å². The number of rotatable bonds is 5. The van der Waals surface area contributed by atoms with Crippen molar-refractivity contribution in [1.29, 1.82) is 0 Å². The van der Waals surface area contributed by atoms with Crippen LogP contribution in [0.4, 0.5) is 0 Å². The maximum atomic E-state index is 10.1. The van der Waals surface area contributed by atoms with E-state index in [0.717, 1.165) is 0 Å². The average Bonchev–Trinajstić information content (AvgIpc) is 2.25. The standard InChI is InChI=1S/C6H10O8.C2H6S.2H3N/c7-1(3(9)5(11)12)2(8)4(10)6(13)14;1-3-2;;/h1-4,7-10H,(H,11,12)(H,13,14);1-2H3;2*1H3. The highest BCUT2D eigenvalue weighted by Gasteiger charge is 2.37. The summed E-state index contributed by atoms with van der Waals surface area (Å²) in [5.41, 5.74) is 0. The lowest BCUT2D eigenvalue weighted by molar-refractivity contribution is -0.172. The van der Waals surface area contributed by atoms with Gasteiger partial charge in [-0.2, -0.15) is 11.8 Å². The number of hydrogen-bond acceptors (Lipinski definition) is 9. The van der Waals surface area contributed by atoms with E-state index in [9.17, 15) is 9.59 Å². The number of carboxylic acids is 2. The molecule has 4 unspecified atom stereocenters. The van der Waals surface area contributed by atoms with Crippen LogP contribution in [0.1, 0.15) is 0 Å². The fourth-order valence-electron chi connectivity index (χ4n) is 0.666. The Labute approximate surface area is 114 Å². The molecule has 0 radical (unpaired) electrons. The van der Waals surface area contributed by atoms with Gasteiger partial charge in [-0.3, -0.25) is 0 Å².